The molecule has 1 N–H and O–H groups in total. The first kappa shape index (κ1) is 17.9. The molecule has 142 valence electrons. The van der Waals surface area contributed by atoms with Gasteiger partial charge in [0.2, 0.25) is 0 Å². The smallest absolute Gasteiger partial charge is 0.258 e. The lowest BCUT2D eigenvalue weighted by atomic mass is 9.89. The highest BCUT2D eigenvalue weighted by Crippen LogP contribution is 2.35. The Hall–Kier alpha value is -2.53. The van der Waals surface area contributed by atoms with Gasteiger partial charge in [0, 0.05) is 23.2 Å². The summed E-state index contributed by atoms with van der Waals surface area (Å²) in [5, 5.41) is 4.04. The van der Waals surface area contributed by atoms with Gasteiger partial charge in [-0.25, -0.2) is 0 Å². The van der Waals surface area contributed by atoms with E-state index in [0.717, 1.165) is 42.6 Å². The highest BCUT2D eigenvalue weighted by Gasteiger charge is 2.24. The van der Waals surface area contributed by atoms with Crippen molar-refractivity contribution in [3.63, 3.8) is 0 Å². The van der Waals surface area contributed by atoms with Gasteiger partial charge in [-0.15, -0.1) is 0 Å². The molecule has 0 atom stereocenters. The van der Waals surface area contributed by atoms with Crippen LogP contribution in [0.1, 0.15) is 48.5 Å². The van der Waals surface area contributed by atoms with Crippen molar-refractivity contribution in [3.8, 4) is 0 Å². The molecule has 0 unspecified atom stereocenters. The number of carbonyl (C=O) groups is 1. The molecule has 2 aromatic heterocycles. The Morgan fingerprint density at radius 3 is 2.74 bits per heavy atom. The van der Waals surface area contributed by atoms with Crippen molar-refractivity contribution in [2.24, 2.45) is 5.92 Å². The molecule has 27 heavy (non-hydrogen) atoms. The minimum absolute atomic E-state index is 0.171. The van der Waals surface area contributed by atoms with Gasteiger partial charge < -0.3 is 19.1 Å². The van der Waals surface area contributed by atoms with E-state index in [1.165, 1.54) is 24.6 Å². The lowest BCUT2D eigenvalue weighted by molar-refractivity contribution is 0.102. The van der Waals surface area contributed by atoms with E-state index in [4.69, 9.17) is 8.83 Å². The van der Waals surface area contributed by atoms with E-state index in [9.17, 15) is 4.79 Å². The number of hydrogen-bond acceptors (Lipinski definition) is 4. The maximum absolute atomic E-state index is 12.3. The van der Waals surface area contributed by atoms with E-state index in [0.29, 0.717) is 17.4 Å². The molecular weight excluding hydrogens is 340 g/mol. The van der Waals surface area contributed by atoms with Gasteiger partial charge in [0.1, 0.15) is 11.8 Å². The second-order valence-electron chi connectivity index (χ2n) is 7.84. The molecule has 1 amide bonds. The molecule has 5 heteroatoms. The molecule has 0 radical (unpaired) electrons. The summed E-state index contributed by atoms with van der Waals surface area (Å²) in [5.74, 6) is 1.04. The van der Waals surface area contributed by atoms with Gasteiger partial charge in [0.25, 0.3) is 5.91 Å². The second kappa shape index (κ2) is 7.61. The molecule has 0 aliphatic carbocycles. The summed E-state index contributed by atoms with van der Waals surface area (Å²) in [4.78, 5) is 14.8. The van der Waals surface area contributed by atoms with Gasteiger partial charge in [-0.3, -0.25) is 4.79 Å². The number of fused-ring (bicyclic) bond motifs is 1. The van der Waals surface area contributed by atoms with Crippen LogP contribution in [0.2, 0.25) is 0 Å². The van der Waals surface area contributed by atoms with Gasteiger partial charge in [-0.1, -0.05) is 13.8 Å². The molecule has 5 nitrogen and oxygen atoms in total. The second-order valence-corrected chi connectivity index (χ2v) is 7.84. The fourth-order valence-corrected chi connectivity index (χ4v) is 3.98. The number of likely N-dealkylation sites (tertiary alicyclic amines) is 1. The van der Waals surface area contributed by atoms with Gasteiger partial charge in [0.15, 0.2) is 0 Å². The minimum Gasteiger partial charge on any atom is -0.472 e. The number of furan rings is 2. The fourth-order valence-electron chi connectivity index (χ4n) is 3.98. The van der Waals surface area contributed by atoms with E-state index in [2.05, 4.69) is 24.1 Å². The summed E-state index contributed by atoms with van der Waals surface area (Å²) in [5.41, 5.74) is 3.41. The highest BCUT2D eigenvalue weighted by atomic mass is 16.3. The largest absolute Gasteiger partial charge is 0.472 e. The van der Waals surface area contributed by atoms with Crippen molar-refractivity contribution < 1.29 is 13.6 Å². The summed E-state index contributed by atoms with van der Waals surface area (Å²) in [6.07, 6.45) is 7.13. The molecule has 1 aliphatic rings. The van der Waals surface area contributed by atoms with Crippen molar-refractivity contribution in [1.29, 1.82) is 0 Å². The molecule has 0 saturated carbocycles. The number of nitrogens with zero attached hydrogens (tertiary/aromatic N) is 1. The van der Waals surface area contributed by atoms with E-state index >= 15 is 0 Å². The summed E-state index contributed by atoms with van der Waals surface area (Å²) in [6.45, 7) is 7.98. The molecule has 0 bridgehead atoms. The SMILES string of the molecule is CC(C)CN1CCC(c2coc3ccc(NC(=O)c4ccoc4)cc23)CC1. The molecule has 1 aromatic carbocycles. The summed E-state index contributed by atoms with van der Waals surface area (Å²) in [7, 11) is 0. The van der Waals surface area contributed by atoms with Crippen molar-refractivity contribution in [3.05, 3.63) is 54.2 Å². The number of amides is 1. The van der Waals surface area contributed by atoms with E-state index < -0.39 is 0 Å². The van der Waals surface area contributed by atoms with Gasteiger partial charge in [-0.05, 0) is 62.0 Å². The predicted octanol–water partition coefficient (Wildman–Crippen LogP) is 5.11. The zero-order valence-electron chi connectivity index (χ0n) is 15.9. The Balaban J connectivity index is 1.50. The Bertz CT molecular complexity index is 903. The van der Waals surface area contributed by atoms with Crippen molar-refractivity contribution in [1.82, 2.24) is 4.90 Å². The summed E-state index contributed by atoms with van der Waals surface area (Å²) in [6, 6.07) is 7.48. The predicted molar refractivity (Wildman–Crippen MR) is 106 cm³/mol. The number of hydrogen-bond donors (Lipinski definition) is 1. The Morgan fingerprint density at radius 1 is 1.22 bits per heavy atom. The van der Waals surface area contributed by atoms with Crippen LogP contribution in [0.15, 0.2) is 51.9 Å². The highest BCUT2D eigenvalue weighted by molar-refractivity contribution is 6.04. The van der Waals surface area contributed by atoms with Crippen LogP contribution in [0.3, 0.4) is 0 Å². The maximum Gasteiger partial charge on any atom is 0.258 e. The lowest BCUT2D eigenvalue weighted by Gasteiger charge is -2.32. The zero-order chi connectivity index (χ0) is 18.8. The van der Waals surface area contributed by atoms with Gasteiger partial charge in [-0.2, -0.15) is 0 Å². The maximum atomic E-state index is 12.3. The first-order valence-electron chi connectivity index (χ1n) is 9.67. The van der Waals surface area contributed by atoms with Crippen LogP contribution < -0.4 is 5.32 Å². The quantitative estimate of drug-likeness (QED) is 0.681. The van der Waals surface area contributed by atoms with E-state index in [1.807, 2.05) is 24.5 Å². The average molecular weight is 366 g/mol. The number of piperidine rings is 1. The van der Waals surface area contributed by atoms with Crippen molar-refractivity contribution >= 4 is 22.6 Å². The van der Waals surface area contributed by atoms with Crippen LogP contribution in [0.25, 0.3) is 11.0 Å². The summed E-state index contributed by atoms with van der Waals surface area (Å²) < 4.78 is 10.8. The number of rotatable bonds is 5. The molecule has 1 fully saturated rings. The fraction of sp³-hybridized carbons (Fsp3) is 0.409. The standard InChI is InChI=1S/C22H26N2O3/c1-15(2)12-24-8-5-16(6-9-24)20-14-27-21-4-3-18(11-19(20)21)23-22(25)17-7-10-26-13-17/h3-4,7,10-11,13-16H,5-6,8-9,12H2,1-2H3,(H,23,25). The molecule has 1 saturated heterocycles. The van der Waals surface area contributed by atoms with Crippen LogP contribution >= 0.6 is 0 Å². The minimum atomic E-state index is -0.171. The molecule has 0 spiro atoms. The molecule has 1 aliphatic heterocycles. The van der Waals surface area contributed by atoms with E-state index in [1.54, 1.807) is 6.07 Å². The zero-order valence-corrected chi connectivity index (χ0v) is 15.9. The molecular formula is C22H26N2O3. The third kappa shape index (κ3) is 3.93. The topological polar surface area (TPSA) is 58.6 Å². The molecule has 4 rings (SSSR count). The van der Waals surface area contributed by atoms with Crippen LogP contribution in [0.5, 0.6) is 0 Å². The first-order chi connectivity index (χ1) is 13.1. The van der Waals surface area contributed by atoms with Crippen LogP contribution in [0, 0.1) is 5.92 Å². The normalized spacial score (nSPS) is 16.3. The average Bonchev–Trinajstić information content (AvgIpc) is 3.32. The van der Waals surface area contributed by atoms with Crippen LogP contribution in [0.4, 0.5) is 5.69 Å². The number of benzene rings is 1. The van der Waals surface area contributed by atoms with Gasteiger partial charge in [0.05, 0.1) is 18.1 Å². The third-order valence-corrected chi connectivity index (χ3v) is 5.30. The lowest BCUT2D eigenvalue weighted by Crippen LogP contribution is -2.35. The van der Waals surface area contributed by atoms with Gasteiger partial charge >= 0.3 is 0 Å². The Kier molecular flexibility index (Phi) is 5.03. The molecule has 3 heterocycles. The number of anilines is 1. The number of carbonyl (C=O) groups excluding carboxylic acids is 1. The van der Waals surface area contributed by atoms with E-state index in [-0.39, 0.29) is 5.91 Å². The third-order valence-electron chi connectivity index (χ3n) is 5.30. The summed E-state index contributed by atoms with van der Waals surface area (Å²) >= 11 is 0. The monoisotopic (exact) mass is 366 g/mol. The first-order valence-corrected chi connectivity index (χ1v) is 9.67. The van der Waals surface area contributed by atoms with Crippen LogP contribution in [-0.4, -0.2) is 30.4 Å². The van der Waals surface area contributed by atoms with Crippen LogP contribution in [-0.2, 0) is 0 Å². The Morgan fingerprint density at radius 2 is 2.04 bits per heavy atom. The van der Waals surface area contributed by atoms with Crippen molar-refractivity contribution in [2.75, 3.05) is 25.0 Å². The van der Waals surface area contributed by atoms with Crippen molar-refractivity contribution in [2.45, 2.75) is 32.6 Å². The number of nitrogens with one attached hydrogen (secondary N) is 1. The Labute approximate surface area is 159 Å². The molecule has 3 aromatic rings.